The maximum Gasteiger partial charge on any atom is 0.414 e. The zero-order valence-corrected chi connectivity index (χ0v) is 18.6. The molecule has 0 radical (unpaired) electrons. The first-order chi connectivity index (χ1) is 15.2. The van der Waals surface area contributed by atoms with E-state index in [1.165, 1.54) is 24.0 Å². The van der Waals surface area contributed by atoms with Crippen molar-refractivity contribution in [2.45, 2.75) is 13.0 Å². The summed E-state index contributed by atoms with van der Waals surface area (Å²) in [6.45, 7) is 1.76. The summed E-state index contributed by atoms with van der Waals surface area (Å²) in [5.74, 6) is -1.80. The van der Waals surface area contributed by atoms with E-state index in [9.17, 15) is 18.8 Å². The first kappa shape index (κ1) is 23.2. The molecule has 166 valence electrons. The second kappa shape index (κ2) is 10.2. The number of carbonyl (C=O) groups is 3. The fraction of sp³-hybridized carbons (Fsp3) is 0.174. The number of carboxylic acid groups (broad SMARTS) is 1. The van der Waals surface area contributed by atoms with Crippen LogP contribution in [0.25, 0.3) is 16.6 Å². The van der Waals surface area contributed by atoms with Crippen molar-refractivity contribution >= 4 is 56.2 Å². The molecule has 0 unspecified atom stereocenters. The van der Waals surface area contributed by atoms with Crippen molar-refractivity contribution in [2.24, 2.45) is 0 Å². The standard InChI is InChI=1S/C23H20BrFN2O5/c1-14(28)26-12-19-13-27(23(31)32-19)18-7-6-17(21(25)11-18)10-20(24)16-4-2-3-15(9-16)5-8-22(29)30/h2-11,19H,12-13H2,1H3,(H,26,28)(H,29,30)/b8-5+,20-10-/t19-/m0/s1. The van der Waals surface area contributed by atoms with Crippen molar-refractivity contribution in [2.75, 3.05) is 18.0 Å². The van der Waals surface area contributed by atoms with Gasteiger partial charge in [-0.25, -0.2) is 14.0 Å². The molecule has 1 saturated heterocycles. The highest BCUT2D eigenvalue weighted by Crippen LogP contribution is 2.29. The summed E-state index contributed by atoms with van der Waals surface area (Å²) in [4.78, 5) is 35.2. The number of benzene rings is 2. The summed E-state index contributed by atoms with van der Waals surface area (Å²) in [5, 5.41) is 11.4. The number of nitrogens with one attached hydrogen (secondary N) is 1. The molecule has 1 fully saturated rings. The Labute approximate surface area is 192 Å². The fourth-order valence-corrected chi connectivity index (χ4v) is 3.57. The summed E-state index contributed by atoms with van der Waals surface area (Å²) < 4.78 is 20.6. The van der Waals surface area contributed by atoms with E-state index < -0.39 is 24.0 Å². The van der Waals surface area contributed by atoms with Gasteiger partial charge < -0.3 is 15.2 Å². The molecule has 9 heteroatoms. The van der Waals surface area contributed by atoms with Crippen LogP contribution >= 0.6 is 15.9 Å². The number of nitrogens with zero attached hydrogens (tertiary/aromatic N) is 1. The smallest absolute Gasteiger partial charge is 0.414 e. The van der Waals surface area contributed by atoms with Crippen LogP contribution in [0.5, 0.6) is 0 Å². The predicted molar refractivity (Wildman–Crippen MR) is 123 cm³/mol. The molecule has 7 nitrogen and oxygen atoms in total. The lowest BCUT2D eigenvalue weighted by Gasteiger charge is -2.14. The van der Waals surface area contributed by atoms with Gasteiger partial charge >= 0.3 is 12.1 Å². The predicted octanol–water partition coefficient (Wildman–Crippen LogP) is 4.28. The summed E-state index contributed by atoms with van der Waals surface area (Å²) in [6, 6.07) is 11.5. The lowest BCUT2D eigenvalue weighted by molar-refractivity contribution is -0.131. The molecule has 2 amide bonds. The van der Waals surface area contributed by atoms with Gasteiger partial charge in [-0.15, -0.1) is 0 Å². The van der Waals surface area contributed by atoms with Gasteiger partial charge in [-0.1, -0.05) is 34.1 Å². The lowest BCUT2D eigenvalue weighted by atomic mass is 10.1. The van der Waals surface area contributed by atoms with Gasteiger partial charge in [-0.2, -0.15) is 0 Å². The van der Waals surface area contributed by atoms with Crippen LogP contribution in [0.3, 0.4) is 0 Å². The number of amides is 2. The quantitative estimate of drug-likeness (QED) is 0.435. The molecular formula is C23H20BrFN2O5. The van der Waals surface area contributed by atoms with Gasteiger partial charge in [0.2, 0.25) is 5.91 Å². The minimum absolute atomic E-state index is 0.189. The van der Waals surface area contributed by atoms with E-state index in [1.807, 2.05) is 0 Å². The van der Waals surface area contributed by atoms with E-state index in [0.29, 0.717) is 21.3 Å². The number of cyclic esters (lactones) is 1. The van der Waals surface area contributed by atoms with Crippen LogP contribution in [0.1, 0.15) is 23.6 Å². The Bertz CT molecular complexity index is 1120. The van der Waals surface area contributed by atoms with E-state index >= 15 is 0 Å². The Morgan fingerprint density at radius 2 is 2.09 bits per heavy atom. The van der Waals surface area contributed by atoms with Gasteiger partial charge in [0, 0.05) is 23.0 Å². The van der Waals surface area contributed by atoms with Crippen molar-refractivity contribution in [3.8, 4) is 0 Å². The third-order valence-corrected chi connectivity index (χ3v) is 5.30. The number of ether oxygens (including phenoxy) is 1. The Morgan fingerprint density at radius 1 is 1.31 bits per heavy atom. The van der Waals surface area contributed by atoms with Crippen LogP contribution in [0.2, 0.25) is 0 Å². The molecule has 0 aliphatic carbocycles. The van der Waals surface area contributed by atoms with Gasteiger partial charge in [-0.3, -0.25) is 9.69 Å². The second-order valence-electron chi connectivity index (χ2n) is 7.05. The third kappa shape index (κ3) is 6.04. The summed E-state index contributed by atoms with van der Waals surface area (Å²) in [7, 11) is 0. The monoisotopic (exact) mass is 502 g/mol. The van der Waals surface area contributed by atoms with E-state index in [0.717, 1.165) is 11.6 Å². The first-order valence-corrected chi connectivity index (χ1v) is 10.4. The average molecular weight is 503 g/mol. The van der Waals surface area contributed by atoms with Crippen molar-refractivity contribution in [1.29, 1.82) is 0 Å². The molecule has 1 heterocycles. The molecular weight excluding hydrogens is 483 g/mol. The van der Waals surface area contributed by atoms with E-state index in [4.69, 9.17) is 9.84 Å². The van der Waals surface area contributed by atoms with Crippen LogP contribution < -0.4 is 10.2 Å². The van der Waals surface area contributed by atoms with Crippen molar-refractivity contribution in [1.82, 2.24) is 5.32 Å². The normalized spacial score (nSPS) is 16.3. The van der Waals surface area contributed by atoms with Gasteiger partial charge in [0.15, 0.2) is 0 Å². The molecule has 2 N–H and O–H groups in total. The fourth-order valence-electron chi connectivity index (χ4n) is 3.08. The lowest BCUT2D eigenvalue weighted by Crippen LogP contribution is -2.33. The molecule has 1 aliphatic heterocycles. The molecule has 0 saturated carbocycles. The number of aliphatic carboxylic acids is 1. The Balaban J connectivity index is 1.76. The van der Waals surface area contributed by atoms with Crippen LogP contribution in [-0.2, 0) is 14.3 Å². The highest BCUT2D eigenvalue weighted by Gasteiger charge is 2.32. The van der Waals surface area contributed by atoms with Gasteiger partial charge in [0.05, 0.1) is 18.8 Å². The topological polar surface area (TPSA) is 95.9 Å². The molecule has 1 atom stereocenters. The van der Waals surface area contributed by atoms with Crippen molar-refractivity contribution in [3.05, 3.63) is 71.0 Å². The van der Waals surface area contributed by atoms with Crippen molar-refractivity contribution < 1.29 is 28.6 Å². The zero-order valence-electron chi connectivity index (χ0n) is 17.0. The highest BCUT2D eigenvalue weighted by atomic mass is 79.9. The zero-order chi connectivity index (χ0) is 23.3. The minimum atomic E-state index is -1.05. The number of carboxylic acids is 1. The number of carbonyl (C=O) groups excluding carboxylic acids is 2. The second-order valence-corrected chi connectivity index (χ2v) is 7.90. The molecule has 2 aromatic rings. The molecule has 2 aromatic carbocycles. The van der Waals surface area contributed by atoms with E-state index in [1.54, 1.807) is 42.5 Å². The molecule has 1 aliphatic rings. The maximum absolute atomic E-state index is 14.8. The Morgan fingerprint density at radius 3 is 2.78 bits per heavy atom. The number of halogens is 2. The SMILES string of the molecule is CC(=O)NC[C@H]1CN(c2ccc(/C=C(\Br)c3cccc(/C=C/C(=O)O)c3)c(F)c2)C(=O)O1. The number of hydrogen-bond donors (Lipinski definition) is 2. The largest absolute Gasteiger partial charge is 0.478 e. The summed E-state index contributed by atoms with van der Waals surface area (Å²) in [6.07, 6.45) is 3.00. The van der Waals surface area contributed by atoms with Gasteiger partial charge in [-0.05, 0) is 47.5 Å². The molecule has 3 rings (SSSR count). The maximum atomic E-state index is 14.8. The number of anilines is 1. The molecule has 0 aromatic heterocycles. The third-order valence-electron chi connectivity index (χ3n) is 4.61. The Kier molecular flexibility index (Phi) is 7.42. The van der Waals surface area contributed by atoms with E-state index in [-0.39, 0.29) is 19.0 Å². The van der Waals surface area contributed by atoms with Crippen LogP contribution in [-0.4, -0.2) is 42.3 Å². The van der Waals surface area contributed by atoms with Gasteiger partial charge in [0.25, 0.3) is 0 Å². The van der Waals surface area contributed by atoms with Crippen LogP contribution in [0, 0.1) is 5.82 Å². The van der Waals surface area contributed by atoms with Crippen LogP contribution in [0.4, 0.5) is 14.9 Å². The first-order valence-electron chi connectivity index (χ1n) is 9.63. The van der Waals surface area contributed by atoms with Crippen molar-refractivity contribution in [3.63, 3.8) is 0 Å². The molecule has 32 heavy (non-hydrogen) atoms. The molecule has 0 bridgehead atoms. The minimum Gasteiger partial charge on any atom is -0.478 e. The van der Waals surface area contributed by atoms with Crippen LogP contribution in [0.15, 0.2) is 48.5 Å². The average Bonchev–Trinajstić information content (AvgIpc) is 3.13. The summed E-state index contributed by atoms with van der Waals surface area (Å²) in [5.41, 5.74) is 2.08. The number of hydrogen-bond acceptors (Lipinski definition) is 4. The number of rotatable bonds is 7. The Hall–Kier alpha value is -3.46. The highest BCUT2D eigenvalue weighted by molar-refractivity contribution is 9.15. The van der Waals surface area contributed by atoms with E-state index in [2.05, 4.69) is 21.2 Å². The summed E-state index contributed by atoms with van der Waals surface area (Å²) >= 11 is 3.44. The van der Waals surface area contributed by atoms with Gasteiger partial charge in [0.1, 0.15) is 11.9 Å². The molecule has 0 spiro atoms.